The topological polar surface area (TPSA) is 72.9 Å². The van der Waals surface area contributed by atoms with E-state index in [0.717, 1.165) is 5.56 Å². The molecule has 4 rings (SSSR count). The molecule has 0 aromatic heterocycles. The highest BCUT2D eigenvalue weighted by molar-refractivity contribution is 5.95. The maximum Gasteiger partial charge on any atom is 0.416 e. The van der Waals surface area contributed by atoms with Crippen molar-refractivity contribution in [3.8, 4) is 0 Å². The summed E-state index contributed by atoms with van der Waals surface area (Å²) in [5.41, 5.74) is -3.07. The molecule has 0 unspecified atom stereocenters. The summed E-state index contributed by atoms with van der Waals surface area (Å²) < 4.78 is 80.2. The Hall–Kier alpha value is -2.83. The number of hydrogen-bond donors (Lipinski definition) is 2. The van der Waals surface area contributed by atoms with Crippen LogP contribution in [0.5, 0.6) is 0 Å². The van der Waals surface area contributed by atoms with Crippen LogP contribution in [0.15, 0.2) is 48.5 Å². The number of aliphatic hydroxyl groups is 1. The van der Waals surface area contributed by atoms with Crippen LogP contribution in [0.2, 0.25) is 0 Å². The second-order valence-corrected chi connectivity index (χ2v) is 9.27. The Balaban J connectivity index is 0.00000400. The molecule has 2 aromatic rings. The van der Waals surface area contributed by atoms with Gasteiger partial charge < -0.3 is 20.2 Å². The number of hydrogen-bond acceptors (Lipinski definition) is 4. The molecule has 3 atom stereocenters. The van der Waals surface area contributed by atoms with E-state index in [1.54, 1.807) is 30.3 Å². The third kappa shape index (κ3) is 6.78. The molecule has 0 radical (unpaired) electrons. The molecule has 2 fully saturated rings. The number of rotatable bonds is 4. The quantitative estimate of drug-likeness (QED) is 0.554. The van der Waals surface area contributed by atoms with E-state index in [1.165, 1.54) is 9.80 Å². The Labute approximate surface area is 221 Å². The lowest BCUT2D eigenvalue weighted by Gasteiger charge is -2.42. The summed E-state index contributed by atoms with van der Waals surface area (Å²) in [6, 6.07) is 8.42. The first-order chi connectivity index (χ1) is 17.3. The summed E-state index contributed by atoms with van der Waals surface area (Å²) >= 11 is 0. The highest BCUT2D eigenvalue weighted by atomic mass is 35.5. The van der Waals surface area contributed by atoms with Gasteiger partial charge in [0.15, 0.2) is 0 Å². The second-order valence-electron chi connectivity index (χ2n) is 9.27. The van der Waals surface area contributed by atoms with Gasteiger partial charge in [-0.2, -0.15) is 26.3 Å². The molecule has 38 heavy (non-hydrogen) atoms. The van der Waals surface area contributed by atoms with E-state index < -0.39 is 53.1 Å². The lowest BCUT2D eigenvalue weighted by atomic mass is 9.98. The Morgan fingerprint density at radius 2 is 1.55 bits per heavy atom. The molecule has 2 aliphatic rings. The van der Waals surface area contributed by atoms with Crippen molar-refractivity contribution < 1.29 is 41.0 Å². The van der Waals surface area contributed by atoms with Crippen LogP contribution < -0.4 is 5.32 Å². The summed E-state index contributed by atoms with van der Waals surface area (Å²) in [4.78, 5) is 29.1. The molecule has 2 aliphatic heterocycles. The van der Waals surface area contributed by atoms with Crippen LogP contribution in [0.4, 0.5) is 26.3 Å². The molecule has 0 bridgehead atoms. The van der Waals surface area contributed by atoms with E-state index in [0.29, 0.717) is 12.1 Å². The first kappa shape index (κ1) is 29.7. The molecule has 0 saturated carbocycles. The fourth-order valence-corrected chi connectivity index (χ4v) is 4.75. The Morgan fingerprint density at radius 3 is 2.08 bits per heavy atom. The summed E-state index contributed by atoms with van der Waals surface area (Å²) in [7, 11) is 0. The van der Waals surface area contributed by atoms with E-state index in [1.807, 2.05) is 0 Å². The lowest BCUT2D eigenvalue weighted by molar-refractivity contribution is -0.143. The van der Waals surface area contributed by atoms with Crippen molar-refractivity contribution in [1.29, 1.82) is 0 Å². The third-order valence-electron chi connectivity index (χ3n) is 6.61. The molecule has 2 saturated heterocycles. The zero-order valence-corrected chi connectivity index (χ0v) is 20.7. The third-order valence-corrected chi connectivity index (χ3v) is 6.61. The second kappa shape index (κ2) is 11.5. The van der Waals surface area contributed by atoms with Gasteiger partial charge in [-0.15, -0.1) is 12.4 Å². The molecule has 0 spiro atoms. The number of nitrogens with zero attached hydrogens (tertiary/aromatic N) is 2. The van der Waals surface area contributed by atoms with Crippen LogP contribution in [0, 0.1) is 0 Å². The Bertz CT molecular complexity index is 1110. The van der Waals surface area contributed by atoms with Gasteiger partial charge in [0.05, 0.1) is 29.3 Å². The number of amides is 2. The largest absolute Gasteiger partial charge is 0.416 e. The van der Waals surface area contributed by atoms with Gasteiger partial charge in [0.2, 0.25) is 5.91 Å². The maximum absolute atomic E-state index is 13.4. The molecule has 13 heteroatoms. The smallest absolute Gasteiger partial charge is 0.392 e. The molecule has 2 aromatic carbocycles. The normalized spacial score (nSPS) is 22.2. The first-order valence-electron chi connectivity index (χ1n) is 11.7. The van der Waals surface area contributed by atoms with Crippen LogP contribution in [0.1, 0.15) is 33.5 Å². The average molecular weight is 566 g/mol. The fraction of sp³-hybridized carbons (Fsp3) is 0.440. The minimum absolute atomic E-state index is 0. The van der Waals surface area contributed by atoms with Crippen LogP contribution in [0.3, 0.4) is 0 Å². The maximum atomic E-state index is 13.4. The SMILES string of the molecule is Cl.O=C([C@H]1C[C@@H](O)CN1)N1CCN(C(=O)c2cc(C(F)(F)F)cc(C(F)(F)F)c2)[C@H](Cc2ccccc2)C1. The molecule has 2 amide bonds. The van der Waals surface area contributed by atoms with Crippen molar-refractivity contribution in [3.05, 3.63) is 70.8 Å². The molecular formula is C25H26ClF6N3O3. The standard InChI is InChI=1S/C25H25F6N3O3.ClH/c26-24(27,28)17-9-16(10-18(11-17)25(29,30)31)22(36)34-7-6-33(23(37)21-12-20(35)13-32-21)14-19(34)8-15-4-2-1-3-5-15;/h1-5,9-11,19-21,32,35H,6-8,12-14H2;1H/t19-,20-,21-;/m1./s1. The molecule has 0 aliphatic carbocycles. The van der Waals surface area contributed by atoms with E-state index in [2.05, 4.69) is 5.32 Å². The van der Waals surface area contributed by atoms with Gasteiger partial charge in [-0.05, 0) is 36.6 Å². The van der Waals surface area contributed by atoms with Crippen molar-refractivity contribution in [2.45, 2.75) is 43.4 Å². The highest BCUT2D eigenvalue weighted by Crippen LogP contribution is 2.37. The van der Waals surface area contributed by atoms with Crippen LogP contribution in [-0.4, -0.2) is 71.1 Å². The van der Waals surface area contributed by atoms with Crippen molar-refractivity contribution in [1.82, 2.24) is 15.1 Å². The molecule has 2 heterocycles. The summed E-state index contributed by atoms with van der Waals surface area (Å²) in [6.45, 7) is 0.280. The molecule has 6 nitrogen and oxygen atoms in total. The van der Waals surface area contributed by atoms with Crippen LogP contribution >= 0.6 is 12.4 Å². The Morgan fingerprint density at radius 1 is 0.947 bits per heavy atom. The van der Waals surface area contributed by atoms with Crippen LogP contribution in [-0.2, 0) is 23.6 Å². The van der Waals surface area contributed by atoms with E-state index in [9.17, 15) is 41.0 Å². The Kier molecular flexibility index (Phi) is 9.00. The highest BCUT2D eigenvalue weighted by Gasteiger charge is 2.40. The predicted molar refractivity (Wildman–Crippen MR) is 128 cm³/mol. The number of β-amino-alcohol motifs (C(OH)–C–C–N with tert-alkyl or cyclic N) is 1. The fourth-order valence-electron chi connectivity index (χ4n) is 4.75. The number of nitrogens with one attached hydrogen (secondary N) is 1. The number of alkyl halides is 6. The van der Waals surface area contributed by atoms with Gasteiger partial charge in [0.1, 0.15) is 0 Å². The van der Waals surface area contributed by atoms with Crippen molar-refractivity contribution >= 4 is 24.2 Å². The van der Waals surface area contributed by atoms with E-state index >= 15 is 0 Å². The molecular weight excluding hydrogens is 540 g/mol. The van der Waals surface area contributed by atoms with E-state index in [4.69, 9.17) is 0 Å². The predicted octanol–water partition coefficient (Wildman–Crippen LogP) is 3.76. The summed E-state index contributed by atoms with van der Waals surface area (Å²) in [5.74, 6) is -1.25. The number of carbonyl (C=O) groups excluding carboxylic acids is 2. The lowest BCUT2D eigenvalue weighted by Crippen LogP contribution is -2.59. The summed E-state index contributed by atoms with van der Waals surface area (Å²) in [6.07, 6.45) is -10.4. The number of piperazine rings is 1. The zero-order valence-electron chi connectivity index (χ0n) is 19.9. The first-order valence-corrected chi connectivity index (χ1v) is 11.7. The number of carbonyl (C=O) groups is 2. The number of benzene rings is 2. The number of halogens is 7. The van der Waals surface area contributed by atoms with Gasteiger partial charge >= 0.3 is 12.4 Å². The van der Waals surface area contributed by atoms with Crippen LogP contribution in [0.25, 0.3) is 0 Å². The monoisotopic (exact) mass is 565 g/mol. The minimum atomic E-state index is -5.08. The zero-order chi connectivity index (χ0) is 27.0. The van der Waals surface area contributed by atoms with E-state index in [-0.39, 0.29) is 63.4 Å². The average Bonchev–Trinajstić information content (AvgIpc) is 3.28. The van der Waals surface area contributed by atoms with Crippen molar-refractivity contribution in [3.63, 3.8) is 0 Å². The molecule has 208 valence electrons. The number of aliphatic hydroxyl groups excluding tert-OH is 1. The van der Waals surface area contributed by atoms with Gasteiger partial charge in [-0.3, -0.25) is 9.59 Å². The van der Waals surface area contributed by atoms with Gasteiger partial charge in [0.25, 0.3) is 5.91 Å². The van der Waals surface area contributed by atoms with Gasteiger partial charge in [-0.25, -0.2) is 0 Å². The van der Waals surface area contributed by atoms with Gasteiger partial charge in [0, 0.05) is 31.7 Å². The van der Waals surface area contributed by atoms with Crippen molar-refractivity contribution in [2.24, 2.45) is 0 Å². The van der Waals surface area contributed by atoms with Gasteiger partial charge in [-0.1, -0.05) is 30.3 Å². The minimum Gasteiger partial charge on any atom is -0.392 e. The summed E-state index contributed by atoms with van der Waals surface area (Å²) in [5, 5.41) is 12.7. The van der Waals surface area contributed by atoms with Crippen molar-refractivity contribution in [2.75, 3.05) is 26.2 Å². The molecule has 2 N–H and O–H groups in total.